The summed E-state index contributed by atoms with van der Waals surface area (Å²) in [4.78, 5) is 11.6. The lowest BCUT2D eigenvalue weighted by atomic mass is 10.0. The van der Waals surface area contributed by atoms with Crippen LogP contribution in [-0.2, 0) is 14.6 Å². The summed E-state index contributed by atoms with van der Waals surface area (Å²) < 4.78 is 60.9. The average molecular weight is 324 g/mol. The van der Waals surface area contributed by atoms with Crippen LogP contribution in [0.4, 0.5) is 18.9 Å². The number of aryl methyl sites for hydroxylation is 1. The zero-order valence-electron chi connectivity index (χ0n) is 11.6. The highest BCUT2D eigenvalue weighted by atomic mass is 32.2. The number of amides is 1. The van der Waals surface area contributed by atoms with Gasteiger partial charge in [0, 0.05) is 11.9 Å². The Morgan fingerprint density at radius 2 is 1.81 bits per heavy atom. The number of nitrogens with two attached hydrogens (primary N) is 1. The van der Waals surface area contributed by atoms with Gasteiger partial charge in [0.2, 0.25) is 0 Å². The van der Waals surface area contributed by atoms with E-state index in [1.807, 2.05) is 5.32 Å². The summed E-state index contributed by atoms with van der Waals surface area (Å²) >= 11 is 0. The highest BCUT2D eigenvalue weighted by Crippen LogP contribution is 2.30. The largest absolute Gasteiger partial charge is 0.415 e. The quantitative estimate of drug-likeness (QED) is 0.884. The maximum absolute atomic E-state index is 12.7. The van der Waals surface area contributed by atoms with E-state index in [-0.39, 0.29) is 10.6 Å². The van der Waals surface area contributed by atoms with Gasteiger partial charge in [0.25, 0.3) is 5.91 Å². The van der Waals surface area contributed by atoms with Gasteiger partial charge in [0.15, 0.2) is 15.4 Å². The third-order valence-corrected chi connectivity index (χ3v) is 4.06. The first-order valence-corrected chi connectivity index (χ1v) is 7.63. The molecule has 0 aliphatic carbocycles. The van der Waals surface area contributed by atoms with Gasteiger partial charge >= 0.3 is 6.18 Å². The number of nitrogens with one attached hydrogen (secondary N) is 1. The van der Waals surface area contributed by atoms with Gasteiger partial charge in [0.05, 0.1) is 4.90 Å². The molecule has 1 amide bonds. The molecule has 0 saturated heterocycles. The van der Waals surface area contributed by atoms with Crippen molar-refractivity contribution in [3.63, 3.8) is 0 Å². The topological polar surface area (TPSA) is 89.3 Å². The normalized spacial score (nSPS) is 15.4. The van der Waals surface area contributed by atoms with Crippen molar-refractivity contribution in [2.75, 3.05) is 11.6 Å². The van der Waals surface area contributed by atoms with Gasteiger partial charge in [-0.1, -0.05) is 6.07 Å². The van der Waals surface area contributed by atoms with Crippen LogP contribution in [-0.4, -0.2) is 32.3 Å². The number of sulfone groups is 1. The van der Waals surface area contributed by atoms with Crippen LogP contribution < -0.4 is 11.1 Å². The van der Waals surface area contributed by atoms with Crippen LogP contribution in [0.25, 0.3) is 0 Å². The Balaban J connectivity index is 3.18. The highest BCUT2D eigenvalue weighted by molar-refractivity contribution is 7.90. The molecular formula is C12H15F3N2O3S. The molecule has 1 aromatic carbocycles. The van der Waals surface area contributed by atoms with Crippen LogP contribution in [0.3, 0.4) is 0 Å². The third kappa shape index (κ3) is 3.73. The first-order chi connectivity index (χ1) is 9.26. The minimum absolute atomic E-state index is 0.0381. The zero-order valence-corrected chi connectivity index (χ0v) is 12.4. The van der Waals surface area contributed by atoms with E-state index in [0.717, 1.165) is 12.3 Å². The molecule has 9 heteroatoms. The van der Waals surface area contributed by atoms with E-state index < -0.39 is 27.5 Å². The summed E-state index contributed by atoms with van der Waals surface area (Å²) in [7, 11) is -3.55. The van der Waals surface area contributed by atoms with E-state index in [9.17, 15) is 26.4 Å². The number of rotatable bonds is 3. The molecule has 0 spiro atoms. The van der Waals surface area contributed by atoms with Crippen LogP contribution >= 0.6 is 0 Å². The summed E-state index contributed by atoms with van der Waals surface area (Å²) in [5, 5.41) is 2.02. The van der Waals surface area contributed by atoms with Crippen LogP contribution in [0.1, 0.15) is 12.5 Å². The van der Waals surface area contributed by atoms with E-state index in [4.69, 9.17) is 5.73 Å². The zero-order chi connectivity index (χ0) is 16.6. The molecule has 0 aliphatic rings. The van der Waals surface area contributed by atoms with E-state index in [2.05, 4.69) is 0 Å². The van der Waals surface area contributed by atoms with Gasteiger partial charge in [-0.05, 0) is 31.5 Å². The molecule has 1 atom stereocenters. The van der Waals surface area contributed by atoms with E-state index in [1.54, 1.807) is 0 Å². The molecule has 3 N–H and O–H groups in total. The Hall–Kier alpha value is -1.61. The molecule has 118 valence electrons. The number of carbonyl (C=O) groups is 1. The number of carbonyl (C=O) groups excluding carboxylic acids is 1. The molecule has 1 unspecified atom stereocenters. The fraction of sp³-hybridized carbons (Fsp3) is 0.417. The van der Waals surface area contributed by atoms with E-state index in [1.165, 1.54) is 19.1 Å². The van der Waals surface area contributed by atoms with Crippen molar-refractivity contribution in [2.45, 2.75) is 30.5 Å². The van der Waals surface area contributed by atoms with Crippen molar-refractivity contribution >= 4 is 21.4 Å². The van der Waals surface area contributed by atoms with Crippen molar-refractivity contribution in [3.05, 3.63) is 23.8 Å². The standard InChI is InChI=1S/C12H15F3N2O3S/c1-7-4-5-8(21(3,19)20)6-9(7)17-10(18)11(2,16)12(13,14)15/h4-6H,16H2,1-3H3,(H,17,18). The Morgan fingerprint density at radius 1 is 1.29 bits per heavy atom. The van der Waals surface area contributed by atoms with Crippen LogP contribution in [0.5, 0.6) is 0 Å². The lowest BCUT2D eigenvalue weighted by Crippen LogP contribution is -2.59. The van der Waals surface area contributed by atoms with Crippen molar-refractivity contribution in [3.8, 4) is 0 Å². The minimum Gasteiger partial charge on any atom is -0.324 e. The summed E-state index contributed by atoms with van der Waals surface area (Å²) in [5.41, 5.74) is 2.29. The number of benzene rings is 1. The molecule has 5 nitrogen and oxygen atoms in total. The molecule has 0 saturated carbocycles. The molecule has 21 heavy (non-hydrogen) atoms. The fourth-order valence-corrected chi connectivity index (χ4v) is 1.99. The van der Waals surface area contributed by atoms with Gasteiger partial charge in [-0.2, -0.15) is 13.2 Å². The molecule has 0 aromatic heterocycles. The van der Waals surface area contributed by atoms with E-state index in [0.29, 0.717) is 12.5 Å². The number of halogens is 3. The molecule has 0 radical (unpaired) electrons. The van der Waals surface area contributed by atoms with Gasteiger partial charge in [-0.15, -0.1) is 0 Å². The maximum atomic E-state index is 12.7. The maximum Gasteiger partial charge on any atom is 0.415 e. The predicted octanol–water partition coefficient (Wildman–Crippen LogP) is 1.62. The second-order valence-electron chi connectivity index (χ2n) is 4.90. The van der Waals surface area contributed by atoms with Gasteiger partial charge in [-0.3, -0.25) is 4.79 Å². The molecule has 0 fully saturated rings. The second kappa shape index (κ2) is 5.30. The number of hydrogen-bond donors (Lipinski definition) is 2. The highest BCUT2D eigenvalue weighted by Gasteiger charge is 2.54. The van der Waals surface area contributed by atoms with Crippen LogP contribution in [0.15, 0.2) is 23.1 Å². The molecule has 0 aliphatic heterocycles. The molecule has 1 rings (SSSR count). The van der Waals surface area contributed by atoms with Crippen molar-refractivity contribution in [2.24, 2.45) is 5.73 Å². The van der Waals surface area contributed by atoms with Crippen LogP contribution in [0, 0.1) is 6.92 Å². The number of anilines is 1. The third-order valence-electron chi connectivity index (χ3n) is 2.95. The average Bonchev–Trinajstić information content (AvgIpc) is 2.28. The lowest BCUT2D eigenvalue weighted by Gasteiger charge is -2.26. The summed E-state index contributed by atoms with van der Waals surface area (Å²) in [6, 6.07) is 3.77. The number of hydrogen-bond acceptors (Lipinski definition) is 4. The fourth-order valence-electron chi connectivity index (χ4n) is 1.35. The summed E-state index contributed by atoms with van der Waals surface area (Å²) in [5.74, 6) is -1.47. The van der Waals surface area contributed by atoms with Crippen LogP contribution in [0.2, 0.25) is 0 Å². The predicted molar refractivity (Wildman–Crippen MR) is 71.6 cm³/mol. The molecular weight excluding hydrogens is 309 g/mol. The first kappa shape index (κ1) is 17.4. The van der Waals surface area contributed by atoms with Crippen molar-refractivity contribution in [1.82, 2.24) is 0 Å². The van der Waals surface area contributed by atoms with Crippen molar-refractivity contribution in [1.29, 1.82) is 0 Å². The Bertz CT molecular complexity index is 667. The van der Waals surface area contributed by atoms with Gasteiger partial charge in [-0.25, -0.2) is 8.42 Å². The van der Waals surface area contributed by atoms with Gasteiger partial charge in [0.1, 0.15) is 0 Å². The lowest BCUT2D eigenvalue weighted by molar-refractivity contribution is -0.184. The Morgan fingerprint density at radius 3 is 2.24 bits per heavy atom. The first-order valence-electron chi connectivity index (χ1n) is 5.74. The summed E-state index contributed by atoms with van der Waals surface area (Å²) in [6.07, 6.45) is -3.98. The minimum atomic E-state index is -4.93. The number of alkyl halides is 3. The second-order valence-corrected chi connectivity index (χ2v) is 6.92. The Labute approximate surface area is 120 Å². The SMILES string of the molecule is Cc1ccc(S(C)(=O)=O)cc1NC(=O)C(C)(N)C(F)(F)F. The van der Waals surface area contributed by atoms with Crippen molar-refractivity contribution < 1.29 is 26.4 Å². The Kier molecular flexibility index (Phi) is 4.40. The smallest absolute Gasteiger partial charge is 0.324 e. The summed E-state index contributed by atoms with van der Waals surface area (Å²) in [6.45, 7) is 2.06. The van der Waals surface area contributed by atoms with E-state index >= 15 is 0 Å². The molecule has 0 bridgehead atoms. The molecule has 1 aromatic rings. The molecule has 0 heterocycles. The monoisotopic (exact) mass is 324 g/mol. The van der Waals surface area contributed by atoms with Gasteiger partial charge < -0.3 is 11.1 Å².